The van der Waals surface area contributed by atoms with Gasteiger partial charge < -0.3 is 24.8 Å². The van der Waals surface area contributed by atoms with E-state index in [9.17, 15) is 4.79 Å². The molecule has 0 fully saturated rings. The third kappa shape index (κ3) is 5.09. The summed E-state index contributed by atoms with van der Waals surface area (Å²) in [5.74, 6) is 2.23. The lowest BCUT2D eigenvalue weighted by Gasteiger charge is -2.19. The molecule has 1 unspecified atom stereocenters. The van der Waals surface area contributed by atoms with Gasteiger partial charge in [0.15, 0.2) is 11.5 Å². The van der Waals surface area contributed by atoms with Crippen LogP contribution in [0.5, 0.6) is 17.2 Å². The highest BCUT2D eigenvalue weighted by molar-refractivity contribution is 5.74. The number of amides is 2. The van der Waals surface area contributed by atoms with Crippen molar-refractivity contribution in [2.24, 2.45) is 0 Å². The molecular weight excluding hydrogens is 356 g/mol. The molecule has 0 aromatic heterocycles. The van der Waals surface area contributed by atoms with Gasteiger partial charge in [-0.15, -0.1) is 0 Å². The molecule has 0 aliphatic carbocycles. The minimum atomic E-state index is -0.239. The molecular formula is C22H28N2O4. The second-order valence-electron chi connectivity index (χ2n) is 7.86. The zero-order valence-corrected chi connectivity index (χ0v) is 16.9. The molecule has 0 bridgehead atoms. The van der Waals surface area contributed by atoms with Crippen LogP contribution < -0.4 is 24.8 Å². The smallest absolute Gasteiger partial charge is 0.315 e. The highest BCUT2D eigenvalue weighted by atomic mass is 16.7. The van der Waals surface area contributed by atoms with Gasteiger partial charge in [-0.2, -0.15) is 0 Å². The molecule has 1 aliphatic rings. The van der Waals surface area contributed by atoms with Crippen molar-refractivity contribution in [3.05, 3.63) is 53.6 Å². The fourth-order valence-electron chi connectivity index (χ4n) is 2.90. The summed E-state index contributed by atoms with van der Waals surface area (Å²) >= 11 is 0. The molecule has 0 radical (unpaired) electrons. The topological polar surface area (TPSA) is 68.8 Å². The zero-order chi connectivity index (χ0) is 20.1. The molecule has 150 valence electrons. The number of ether oxygens (including phenoxy) is 3. The maximum Gasteiger partial charge on any atom is 0.315 e. The largest absolute Gasteiger partial charge is 0.492 e. The molecule has 0 spiro atoms. The highest BCUT2D eigenvalue weighted by Crippen LogP contribution is 2.34. The minimum Gasteiger partial charge on any atom is -0.492 e. The predicted molar refractivity (Wildman–Crippen MR) is 108 cm³/mol. The first-order valence-electron chi connectivity index (χ1n) is 9.50. The third-order valence-corrected chi connectivity index (χ3v) is 4.62. The van der Waals surface area contributed by atoms with Crippen LogP contribution >= 0.6 is 0 Å². The Morgan fingerprint density at radius 1 is 1.11 bits per heavy atom. The summed E-state index contributed by atoms with van der Waals surface area (Å²) in [7, 11) is 0. The van der Waals surface area contributed by atoms with E-state index in [1.165, 1.54) is 5.56 Å². The Kier molecular flexibility index (Phi) is 5.97. The average molecular weight is 384 g/mol. The molecule has 1 aliphatic heterocycles. The number of fused-ring (bicyclic) bond motifs is 1. The van der Waals surface area contributed by atoms with Gasteiger partial charge in [-0.3, -0.25) is 0 Å². The Bertz CT molecular complexity index is 812. The standard InChI is InChI=1S/C22H28N2O4/c1-15(16-5-10-19-20(13-16)28-14-27-19)24-21(25)23-11-12-26-18-8-6-17(7-9-18)22(2,3)4/h5-10,13,15H,11-12,14H2,1-4H3,(H2,23,24,25). The number of urea groups is 1. The third-order valence-electron chi connectivity index (χ3n) is 4.62. The van der Waals surface area contributed by atoms with E-state index in [0.29, 0.717) is 18.9 Å². The molecule has 2 amide bonds. The first kappa shape index (κ1) is 19.9. The molecule has 2 aromatic rings. The summed E-state index contributed by atoms with van der Waals surface area (Å²) in [6.07, 6.45) is 0. The number of carbonyl (C=O) groups is 1. The van der Waals surface area contributed by atoms with Crippen LogP contribution in [-0.4, -0.2) is 26.0 Å². The summed E-state index contributed by atoms with van der Waals surface area (Å²) in [6.45, 7) is 9.51. The second-order valence-corrected chi connectivity index (χ2v) is 7.86. The maximum atomic E-state index is 12.1. The van der Waals surface area contributed by atoms with Crippen LogP contribution in [0.3, 0.4) is 0 Å². The van der Waals surface area contributed by atoms with Crippen molar-refractivity contribution in [3.8, 4) is 17.2 Å². The zero-order valence-electron chi connectivity index (χ0n) is 16.9. The fourth-order valence-corrected chi connectivity index (χ4v) is 2.90. The van der Waals surface area contributed by atoms with E-state index < -0.39 is 0 Å². The molecule has 3 rings (SSSR count). The number of hydrogen-bond acceptors (Lipinski definition) is 4. The van der Waals surface area contributed by atoms with Crippen molar-refractivity contribution in [2.75, 3.05) is 19.9 Å². The van der Waals surface area contributed by atoms with Crippen LogP contribution in [0, 0.1) is 0 Å². The van der Waals surface area contributed by atoms with E-state index in [-0.39, 0.29) is 24.3 Å². The Morgan fingerprint density at radius 2 is 1.82 bits per heavy atom. The van der Waals surface area contributed by atoms with Gasteiger partial charge in [0, 0.05) is 0 Å². The maximum absolute atomic E-state index is 12.1. The Labute approximate surface area is 166 Å². The monoisotopic (exact) mass is 384 g/mol. The van der Waals surface area contributed by atoms with Gasteiger partial charge in [0.1, 0.15) is 12.4 Å². The molecule has 6 heteroatoms. The van der Waals surface area contributed by atoms with Gasteiger partial charge in [0.2, 0.25) is 6.79 Å². The van der Waals surface area contributed by atoms with Crippen molar-refractivity contribution >= 4 is 6.03 Å². The van der Waals surface area contributed by atoms with Crippen LogP contribution in [0.1, 0.15) is 44.9 Å². The summed E-state index contributed by atoms with van der Waals surface area (Å²) in [6, 6.07) is 13.3. The number of hydrogen-bond donors (Lipinski definition) is 2. The summed E-state index contributed by atoms with van der Waals surface area (Å²) < 4.78 is 16.4. The molecule has 1 atom stereocenters. The van der Waals surface area contributed by atoms with E-state index in [2.05, 4.69) is 43.5 Å². The summed E-state index contributed by atoms with van der Waals surface area (Å²) in [5.41, 5.74) is 2.33. The van der Waals surface area contributed by atoms with Gasteiger partial charge >= 0.3 is 6.03 Å². The van der Waals surface area contributed by atoms with Crippen LogP contribution in [0.2, 0.25) is 0 Å². The predicted octanol–water partition coefficient (Wildman–Crippen LogP) is 4.15. The Hall–Kier alpha value is -2.89. The van der Waals surface area contributed by atoms with E-state index in [1.54, 1.807) is 0 Å². The second kappa shape index (κ2) is 8.42. The first-order valence-corrected chi connectivity index (χ1v) is 9.50. The lowest BCUT2D eigenvalue weighted by molar-refractivity contribution is 0.174. The molecule has 28 heavy (non-hydrogen) atoms. The molecule has 1 heterocycles. The lowest BCUT2D eigenvalue weighted by atomic mass is 9.87. The van der Waals surface area contributed by atoms with Gasteiger partial charge in [0.05, 0.1) is 12.6 Å². The van der Waals surface area contributed by atoms with Crippen molar-refractivity contribution in [3.63, 3.8) is 0 Å². The van der Waals surface area contributed by atoms with Crippen LogP contribution in [0.15, 0.2) is 42.5 Å². The van der Waals surface area contributed by atoms with E-state index in [4.69, 9.17) is 14.2 Å². The van der Waals surface area contributed by atoms with Crippen LogP contribution in [0.4, 0.5) is 4.79 Å². The van der Waals surface area contributed by atoms with Gasteiger partial charge in [0.25, 0.3) is 0 Å². The SMILES string of the molecule is CC(NC(=O)NCCOc1ccc(C(C)(C)C)cc1)c1ccc2c(c1)OCO2. The Balaban J connectivity index is 1.39. The van der Waals surface area contributed by atoms with Crippen LogP contribution in [-0.2, 0) is 5.41 Å². The Morgan fingerprint density at radius 3 is 2.54 bits per heavy atom. The lowest BCUT2D eigenvalue weighted by Crippen LogP contribution is -2.38. The van der Waals surface area contributed by atoms with E-state index in [0.717, 1.165) is 17.1 Å². The number of benzene rings is 2. The van der Waals surface area contributed by atoms with Crippen molar-refractivity contribution in [2.45, 2.75) is 39.2 Å². The fraction of sp³-hybridized carbons (Fsp3) is 0.409. The van der Waals surface area contributed by atoms with Crippen molar-refractivity contribution in [1.82, 2.24) is 10.6 Å². The van der Waals surface area contributed by atoms with Crippen LogP contribution in [0.25, 0.3) is 0 Å². The molecule has 2 N–H and O–H groups in total. The molecule has 2 aromatic carbocycles. The average Bonchev–Trinajstić information content (AvgIpc) is 3.12. The number of rotatable bonds is 6. The molecule has 6 nitrogen and oxygen atoms in total. The van der Waals surface area contributed by atoms with Crippen molar-refractivity contribution < 1.29 is 19.0 Å². The van der Waals surface area contributed by atoms with Gasteiger partial charge in [-0.1, -0.05) is 39.0 Å². The quantitative estimate of drug-likeness (QED) is 0.734. The van der Waals surface area contributed by atoms with E-state index >= 15 is 0 Å². The molecule has 0 saturated heterocycles. The number of nitrogens with one attached hydrogen (secondary N) is 2. The van der Waals surface area contributed by atoms with Gasteiger partial charge in [-0.05, 0) is 47.7 Å². The molecule has 0 saturated carbocycles. The first-order chi connectivity index (χ1) is 13.3. The van der Waals surface area contributed by atoms with Gasteiger partial charge in [-0.25, -0.2) is 4.79 Å². The minimum absolute atomic E-state index is 0.118. The summed E-state index contributed by atoms with van der Waals surface area (Å²) in [4.78, 5) is 12.1. The number of carbonyl (C=O) groups excluding carboxylic acids is 1. The van der Waals surface area contributed by atoms with Crippen molar-refractivity contribution in [1.29, 1.82) is 0 Å². The highest BCUT2D eigenvalue weighted by Gasteiger charge is 2.17. The normalized spacial score (nSPS) is 13.7. The van der Waals surface area contributed by atoms with E-state index in [1.807, 2.05) is 37.3 Å². The summed E-state index contributed by atoms with van der Waals surface area (Å²) in [5, 5.41) is 5.72.